The maximum absolute atomic E-state index is 14.5. The van der Waals surface area contributed by atoms with E-state index >= 15 is 0 Å². The molecule has 0 bridgehead atoms. The molecule has 1 saturated heterocycles. The van der Waals surface area contributed by atoms with E-state index in [1.54, 1.807) is 41.9 Å². The Morgan fingerprint density at radius 3 is 2.69 bits per heavy atom. The zero-order chi connectivity index (χ0) is 24.9. The molecule has 1 amide bonds. The highest BCUT2D eigenvalue weighted by Gasteiger charge is 2.24. The summed E-state index contributed by atoms with van der Waals surface area (Å²) in [6.07, 6.45) is 2.35. The topological polar surface area (TPSA) is 80.8 Å². The van der Waals surface area contributed by atoms with Crippen LogP contribution in [0.5, 0.6) is 5.88 Å². The molecule has 11 heteroatoms. The Kier molecular flexibility index (Phi) is 8.22. The highest BCUT2D eigenvalue weighted by atomic mass is 35.5. The van der Waals surface area contributed by atoms with Gasteiger partial charge in [0.2, 0.25) is 5.88 Å². The molecule has 2 aromatic carbocycles. The van der Waals surface area contributed by atoms with Gasteiger partial charge in [0.25, 0.3) is 5.91 Å². The third-order valence-corrected chi connectivity index (χ3v) is 7.36. The van der Waals surface area contributed by atoms with Gasteiger partial charge in [0.05, 0.1) is 22.9 Å². The van der Waals surface area contributed by atoms with Crippen LogP contribution in [-0.2, 0) is 15.7 Å². The van der Waals surface area contributed by atoms with Crippen molar-refractivity contribution in [1.29, 1.82) is 0 Å². The van der Waals surface area contributed by atoms with Crippen LogP contribution >= 0.6 is 23.2 Å². The summed E-state index contributed by atoms with van der Waals surface area (Å²) in [6, 6.07) is 11.2. The van der Waals surface area contributed by atoms with Crippen LogP contribution in [0.25, 0.3) is 11.1 Å². The van der Waals surface area contributed by atoms with E-state index < -0.39 is 22.7 Å². The first-order valence-electron chi connectivity index (χ1n) is 10.7. The fourth-order valence-corrected chi connectivity index (χ4v) is 5.27. The van der Waals surface area contributed by atoms with Gasteiger partial charge >= 0.3 is 0 Å². The molecule has 1 N–H and O–H groups in total. The van der Waals surface area contributed by atoms with E-state index in [2.05, 4.69) is 10.3 Å². The Bertz CT molecular complexity index is 1260. The summed E-state index contributed by atoms with van der Waals surface area (Å²) in [5.41, 5.74) is 2.14. The highest BCUT2D eigenvalue weighted by Crippen LogP contribution is 2.32. The molecule has 0 saturated carbocycles. The van der Waals surface area contributed by atoms with Crippen LogP contribution in [0.3, 0.4) is 0 Å². The number of nitrogens with zero attached hydrogens (tertiary/aromatic N) is 2. The van der Waals surface area contributed by atoms with Crippen molar-refractivity contribution in [3.63, 3.8) is 0 Å². The number of carbonyl (C=O) groups is 1. The van der Waals surface area contributed by atoms with Crippen molar-refractivity contribution >= 4 is 51.5 Å². The van der Waals surface area contributed by atoms with Crippen molar-refractivity contribution in [3.8, 4) is 17.0 Å². The zero-order valence-electron chi connectivity index (χ0n) is 18.7. The zero-order valence-corrected chi connectivity index (χ0v) is 21.1. The monoisotopic (exact) mass is 537 g/mol. The largest absolute Gasteiger partial charge is 0.475 e. The van der Waals surface area contributed by atoms with Crippen molar-refractivity contribution in [1.82, 2.24) is 4.98 Å². The molecule has 0 radical (unpaired) electrons. The Morgan fingerprint density at radius 1 is 1.17 bits per heavy atom. The molecular weight excluding hydrogens is 516 g/mol. The number of halogens is 3. The third-order valence-electron chi connectivity index (χ3n) is 5.23. The molecule has 1 aliphatic heterocycles. The van der Waals surface area contributed by atoms with Crippen LogP contribution in [0, 0.1) is 5.82 Å². The van der Waals surface area contributed by atoms with E-state index in [1.807, 2.05) is 6.07 Å². The molecular formula is C24H22Cl2FN3O4S. The fraction of sp³-hybridized carbons (Fsp3) is 0.250. The average molecular weight is 538 g/mol. The van der Waals surface area contributed by atoms with E-state index in [-0.39, 0.29) is 10.6 Å². The Hall–Kier alpha value is -2.72. The van der Waals surface area contributed by atoms with Crippen molar-refractivity contribution in [3.05, 3.63) is 70.1 Å². The van der Waals surface area contributed by atoms with Crippen LogP contribution < -0.4 is 14.4 Å². The van der Waals surface area contributed by atoms with Gasteiger partial charge in [-0.2, -0.15) is 0 Å². The van der Waals surface area contributed by atoms with Crippen LogP contribution in [0.2, 0.25) is 10.0 Å². The quantitative estimate of drug-likeness (QED) is 0.392. The minimum atomic E-state index is -1.26. The predicted molar refractivity (Wildman–Crippen MR) is 136 cm³/mol. The van der Waals surface area contributed by atoms with Gasteiger partial charge in [-0.05, 0) is 48.4 Å². The van der Waals surface area contributed by atoms with Crippen molar-refractivity contribution in [2.75, 3.05) is 42.2 Å². The number of carbonyl (C=O) groups excluding carboxylic acids is 1. The first-order valence-corrected chi connectivity index (χ1v) is 12.7. The standard InChI is InChI=1S/C24H22Cl2FN3O4S/c1-33-6-7-34-22-4-3-15(14-28-22)16-9-17(25)11-18(10-16)29-24(31)20-12-19(13-21(27)23(20)26)30-5-2-8-35(30)32/h3-4,9-14H,2,5-8H2,1H3,(H,29,31). The Morgan fingerprint density at radius 2 is 2.00 bits per heavy atom. The van der Waals surface area contributed by atoms with Gasteiger partial charge in [-0.15, -0.1) is 0 Å². The lowest BCUT2D eigenvalue weighted by molar-refractivity contribution is 0.102. The predicted octanol–water partition coefficient (Wildman–Crippen LogP) is 5.35. The second-order valence-corrected chi connectivity index (χ2v) is 9.99. The van der Waals surface area contributed by atoms with Crippen LogP contribution in [0.15, 0.2) is 48.7 Å². The molecule has 1 fully saturated rings. The number of methoxy groups -OCH3 is 1. The molecule has 1 atom stereocenters. The lowest BCUT2D eigenvalue weighted by atomic mass is 10.1. The number of nitrogens with one attached hydrogen (secondary N) is 1. The van der Waals surface area contributed by atoms with Crippen LogP contribution in [-0.4, -0.2) is 47.7 Å². The van der Waals surface area contributed by atoms with Gasteiger partial charge in [-0.25, -0.2) is 13.6 Å². The smallest absolute Gasteiger partial charge is 0.257 e. The average Bonchev–Trinajstić information content (AvgIpc) is 3.26. The molecule has 7 nitrogen and oxygen atoms in total. The molecule has 1 aromatic heterocycles. The van der Waals surface area contributed by atoms with E-state index in [0.717, 1.165) is 12.0 Å². The molecule has 184 valence electrons. The summed E-state index contributed by atoms with van der Waals surface area (Å²) >= 11 is 12.4. The number of benzene rings is 2. The molecule has 1 unspecified atom stereocenters. The summed E-state index contributed by atoms with van der Waals surface area (Å²) in [7, 11) is 0.325. The van der Waals surface area contributed by atoms with Gasteiger partial charge < -0.3 is 14.8 Å². The van der Waals surface area contributed by atoms with Crippen molar-refractivity contribution in [2.24, 2.45) is 0 Å². The molecule has 3 aromatic rings. The lowest BCUT2D eigenvalue weighted by Crippen LogP contribution is -2.21. The number of rotatable bonds is 8. The Labute approximate surface area is 214 Å². The summed E-state index contributed by atoms with van der Waals surface area (Å²) < 4.78 is 38.7. The molecule has 2 heterocycles. The molecule has 0 aliphatic carbocycles. The first-order chi connectivity index (χ1) is 16.9. The first kappa shape index (κ1) is 25.4. The Balaban J connectivity index is 1.56. The summed E-state index contributed by atoms with van der Waals surface area (Å²) in [5, 5.41) is 2.80. The third kappa shape index (κ3) is 6.10. The SMILES string of the molecule is COCCOc1ccc(-c2cc(Cl)cc(NC(=O)c3cc(N4CCCS4=O)cc(F)c3Cl)c2)cn1. The number of ether oxygens (including phenoxy) is 2. The minimum Gasteiger partial charge on any atom is -0.475 e. The number of aromatic nitrogens is 1. The summed E-state index contributed by atoms with van der Waals surface area (Å²) in [5.74, 6) is -0.429. The number of pyridine rings is 1. The van der Waals surface area contributed by atoms with Gasteiger partial charge in [-0.3, -0.25) is 9.10 Å². The second kappa shape index (κ2) is 11.3. The second-order valence-electron chi connectivity index (χ2n) is 7.68. The van der Waals surface area contributed by atoms with E-state index in [1.165, 1.54) is 12.1 Å². The molecule has 4 rings (SSSR count). The van der Waals surface area contributed by atoms with E-state index in [4.69, 9.17) is 32.7 Å². The maximum Gasteiger partial charge on any atom is 0.257 e. The number of hydrogen-bond acceptors (Lipinski definition) is 5. The number of hydrogen-bond donors (Lipinski definition) is 1. The number of anilines is 2. The van der Waals surface area contributed by atoms with Crippen molar-refractivity contribution in [2.45, 2.75) is 6.42 Å². The van der Waals surface area contributed by atoms with Gasteiger partial charge in [0.15, 0.2) is 0 Å². The van der Waals surface area contributed by atoms with Crippen LogP contribution in [0.1, 0.15) is 16.8 Å². The molecule has 0 spiro atoms. The minimum absolute atomic E-state index is 0.0636. The normalized spacial score (nSPS) is 15.3. The fourth-order valence-electron chi connectivity index (χ4n) is 3.57. The van der Waals surface area contributed by atoms with E-state index in [9.17, 15) is 13.4 Å². The molecule has 35 heavy (non-hydrogen) atoms. The molecule has 1 aliphatic rings. The number of amides is 1. The van der Waals surface area contributed by atoms with Gasteiger partial charge in [0, 0.05) is 47.9 Å². The highest BCUT2D eigenvalue weighted by molar-refractivity contribution is 7.86. The van der Waals surface area contributed by atoms with Gasteiger partial charge in [0.1, 0.15) is 23.4 Å². The van der Waals surface area contributed by atoms with Gasteiger partial charge in [-0.1, -0.05) is 23.2 Å². The lowest BCUT2D eigenvalue weighted by Gasteiger charge is -2.18. The van der Waals surface area contributed by atoms with Crippen molar-refractivity contribution < 1.29 is 22.9 Å². The summed E-state index contributed by atoms with van der Waals surface area (Å²) in [4.78, 5) is 17.3. The summed E-state index contributed by atoms with van der Waals surface area (Å²) in [6.45, 7) is 1.35. The maximum atomic E-state index is 14.5. The van der Waals surface area contributed by atoms with E-state index in [0.29, 0.717) is 53.4 Å². The van der Waals surface area contributed by atoms with Crippen LogP contribution in [0.4, 0.5) is 15.8 Å².